The molecule has 0 saturated carbocycles. The van der Waals surface area contributed by atoms with Crippen molar-refractivity contribution in [3.8, 4) is 11.3 Å². The third kappa shape index (κ3) is 2.76. The minimum absolute atomic E-state index is 0.0774. The van der Waals surface area contributed by atoms with Gasteiger partial charge in [-0.15, -0.1) is 0 Å². The van der Waals surface area contributed by atoms with Crippen molar-refractivity contribution in [2.75, 3.05) is 0 Å². The fraction of sp³-hybridized carbons (Fsp3) is 0.214. The largest absolute Gasteiger partial charge is 0.417 e. The Balaban J connectivity index is 2.69. The van der Waals surface area contributed by atoms with Gasteiger partial charge in [0.05, 0.1) is 11.3 Å². The number of benzene rings is 1. The molecule has 0 spiro atoms. The van der Waals surface area contributed by atoms with Crippen molar-refractivity contribution < 1.29 is 13.2 Å². The van der Waals surface area contributed by atoms with E-state index in [1.165, 1.54) is 18.3 Å². The Morgan fingerprint density at radius 1 is 1.21 bits per heavy atom. The van der Waals surface area contributed by atoms with Crippen molar-refractivity contribution in [1.29, 1.82) is 0 Å². The fourth-order valence-electron chi connectivity index (χ4n) is 1.93. The maximum Gasteiger partial charge on any atom is 0.417 e. The first-order valence-electron chi connectivity index (χ1n) is 5.75. The van der Waals surface area contributed by atoms with Gasteiger partial charge in [0.25, 0.3) is 0 Å². The number of nitrogens with zero attached hydrogens (tertiary/aromatic N) is 1. The van der Waals surface area contributed by atoms with Gasteiger partial charge in [0, 0.05) is 18.3 Å². The molecule has 0 saturated heterocycles. The highest BCUT2D eigenvalue weighted by Crippen LogP contribution is 2.37. The number of alkyl halides is 3. The van der Waals surface area contributed by atoms with E-state index in [9.17, 15) is 13.2 Å². The lowest BCUT2D eigenvalue weighted by Crippen LogP contribution is -2.09. The summed E-state index contributed by atoms with van der Waals surface area (Å²) in [5.41, 5.74) is 6.56. The minimum Gasteiger partial charge on any atom is -0.326 e. The number of aryl methyl sites for hydroxylation is 1. The Labute approximate surface area is 109 Å². The molecule has 0 bridgehead atoms. The molecular formula is C14H13F3N2. The molecule has 2 aromatic rings. The minimum atomic E-state index is -4.41. The number of hydrogen-bond donors (Lipinski definition) is 1. The Kier molecular flexibility index (Phi) is 3.57. The van der Waals surface area contributed by atoms with E-state index in [4.69, 9.17) is 5.73 Å². The van der Waals surface area contributed by atoms with Crippen LogP contribution in [0.1, 0.15) is 16.7 Å². The van der Waals surface area contributed by atoms with E-state index < -0.39 is 11.7 Å². The van der Waals surface area contributed by atoms with E-state index in [1.54, 1.807) is 19.1 Å². The van der Waals surface area contributed by atoms with Gasteiger partial charge in [-0.1, -0.05) is 12.1 Å². The maximum atomic E-state index is 13.0. The van der Waals surface area contributed by atoms with Crippen LogP contribution in [0.15, 0.2) is 36.5 Å². The monoisotopic (exact) mass is 266 g/mol. The predicted molar refractivity (Wildman–Crippen MR) is 67.3 cm³/mol. The molecule has 2 N–H and O–H groups in total. The highest BCUT2D eigenvalue weighted by Gasteiger charge is 2.34. The molecule has 1 aromatic carbocycles. The van der Waals surface area contributed by atoms with Crippen molar-refractivity contribution in [3.63, 3.8) is 0 Å². The van der Waals surface area contributed by atoms with Crippen molar-refractivity contribution in [2.24, 2.45) is 5.73 Å². The summed E-state index contributed by atoms with van der Waals surface area (Å²) < 4.78 is 39.1. The summed E-state index contributed by atoms with van der Waals surface area (Å²) in [5, 5.41) is 0. The summed E-state index contributed by atoms with van der Waals surface area (Å²) >= 11 is 0. The number of pyridine rings is 1. The summed E-state index contributed by atoms with van der Waals surface area (Å²) in [7, 11) is 0. The lowest BCUT2D eigenvalue weighted by molar-refractivity contribution is -0.137. The molecule has 0 aliphatic carbocycles. The molecule has 0 amide bonds. The van der Waals surface area contributed by atoms with Gasteiger partial charge in [-0.25, -0.2) is 0 Å². The van der Waals surface area contributed by atoms with Crippen molar-refractivity contribution in [3.05, 3.63) is 53.2 Å². The van der Waals surface area contributed by atoms with Gasteiger partial charge in [-0.05, 0) is 36.2 Å². The quantitative estimate of drug-likeness (QED) is 0.903. The first-order valence-corrected chi connectivity index (χ1v) is 5.75. The summed E-state index contributed by atoms with van der Waals surface area (Å²) in [5.74, 6) is 0. The molecule has 0 unspecified atom stereocenters. The number of nitrogens with two attached hydrogens (primary N) is 1. The number of hydrogen-bond acceptors (Lipinski definition) is 2. The lowest BCUT2D eigenvalue weighted by atomic mass is 9.98. The van der Waals surface area contributed by atoms with Gasteiger partial charge >= 0.3 is 6.18 Å². The van der Waals surface area contributed by atoms with Crippen LogP contribution in [-0.2, 0) is 12.7 Å². The van der Waals surface area contributed by atoms with Crippen LogP contribution in [0.5, 0.6) is 0 Å². The van der Waals surface area contributed by atoms with Crippen LogP contribution in [-0.4, -0.2) is 4.98 Å². The highest BCUT2D eigenvalue weighted by molar-refractivity contribution is 5.68. The Morgan fingerprint density at radius 2 is 1.95 bits per heavy atom. The predicted octanol–water partition coefficient (Wildman–Crippen LogP) is 3.53. The van der Waals surface area contributed by atoms with Crippen molar-refractivity contribution in [2.45, 2.75) is 19.6 Å². The second-order valence-corrected chi connectivity index (χ2v) is 4.25. The zero-order valence-electron chi connectivity index (χ0n) is 10.3. The van der Waals surface area contributed by atoms with Crippen LogP contribution in [0.25, 0.3) is 11.3 Å². The second kappa shape index (κ2) is 5.01. The Hall–Kier alpha value is -1.88. The van der Waals surface area contributed by atoms with Gasteiger partial charge in [-0.3, -0.25) is 4.98 Å². The number of halogens is 3. The van der Waals surface area contributed by atoms with Gasteiger partial charge < -0.3 is 5.73 Å². The molecule has 1 aromatic heterocycles. The zero-order chi connectivity index (χ0) is 14.0. The molecule has 0 radical (unpaired) electrons. The normalized spacial score (nSPS) is 11.6. The SMILES string of the molecule is Cc1cccnc1-c1cc(CN)ccc1C(F)(F)F. The molecule has 0 atom stereocenters. The van der Waals surface area contributed by atoms with Gasteiger partial charge in [0.1, 0.15) is 0 Å². The van der Waals surface area contributed by atoms with E-state index in [-0.39, 0.29) is 12.1 Å². The van der Waals surface area contributed by atoms with Crippen molar-refractivity contribution in [1.82, 2.24) is 4.98 Å². The average molecular weight is 266 g/mol. The first kappa shape index (κ1) is 13.5. The molecule has 2 rings (SSSR count). The van der Waals surface area contributed by atoms with Crippen LogP contribution >= 0.6 is 0 Å². The third-order valence-electron chi connectivity index (χ3n) is 2.89. The highest BCUT2D eigenvalue weighted by atomic mass is 19.4. The summed E-state index contributed by atoms with van der Waals surface area (Å²) in [6, 6.07) is 7.34. The first-order chi connectivity index (χ1) is 8.93. The average Bonchev–Trinajstić information content (AvgIpc) is 2.37. The Bertz CT molecular complexity index is 591. The topological polar surface area (TPSA) is 38.9 Å². The van der Waals surface area contributed by atoms with E-state index in [0.717, 1.165) is 6.07 Å². The smallest absolute Gasteiger partial charge is 0.326 e. The summed E-state index contributed by atoms with van der Waals surface area (Å²) in [4.78, 5) is 4.06. The molecule has 0 aliphatic rings. The van der Waals surface area contributed by atoms with Crippen LogP contribution in [0.4, 0.5) is 13.2 Å². The second-order valence-electron chi connectivity index (χ2n) is 4.25. The number of aromatic nitrogens is 1. The molecule has 2 nitrogen and oxygen atoms in total. The standard InChI is InChI=1S/C14H13F3N2/c1-9-3-2-6-19-13(9)11-7-10(8-18)4-5-12(11)14(15,16)17/h2-7H,8,18H2,1H3. The van der Waals surface area contributed by atoms with E-state index in [1.807, 2.05) is 0 Å². The van der Waals surface area contributed by atoms with Gasteiger partial charge in [-0.2, -0.15) is 13.2 Å². The maximum absolute atomic E-state index is 13.0. The Morgan fingerprint density at radius 3 is 2.53 bits per heavy atom. The lowest BCUT2D eigenvalue weighted by Gasteiger charge is -2.15. The molecular weight excluding hydrogens is 253 g/mol. The zero-order valence-corrected chi connectivity index (χ0v) is 10.3. The fourth-order valence-corrected chi connectivity index (χ4v) is 1.93. The molecule has 0 aliphatic heterocycles. The molecule has 100 valence electrons. The van der Waals surface area contributed by atoms with Crippen LogP contribution in [0.2, 0.25) is 0 Å². The molecule has 0 fully saturated rings. The van der Waals surface area contributed by atoms with Gasteiger partial charge in [0.15, 0.2) is 0 Å². The van der Waals surface area contributed by atoms with E-state index in [2.05, 4.69) is 4.98 Å². The third-order valence-corrected chi connectivity index (χ3v) is 2.89. The molecule has 19 heavy (non-hydrogen) atoms. The van der Waals surface area contributed by atoms with Crippen LogP contribution < -0.4 is 5.73 Å². The molecule has 5 heteroatoms. The van der Waals surface area contributed by atoms with E-state index in [0.29, 0.717) is 16.8 Å². The summed E-state index contributed by atoms with van der Waals surface area (Å²) in [6.45, 7) is 1.93. The summed E-state index contributed by atoms with van der Waals surface area (Å²) in [6.07, 6.45) is -2.93. The molecule has 1 heterocycles. The van der Waals surface area contributed by atoms with Gasteiger partial charge in [0.2, 0.25) is 0 Å². The van der Waals surface area contributed by atoms with Crippen molar-refractivity contribution >= 4 is 0 Å². The van der Waals surface area contributed by atoms with E-state index >= 15 is 0 Å². The van der Waals surface area contributed by atoms with Crippen LogP contribution in [0, 0.1) is 6.92 Å². The van der Waals surface area contributed by atoms with Crippen LogP contribution in [0.3, 0.4) is 0 Å². The number of rotatable bonds is 2.